The number of aliphatic hydroxyl groups excluding tert-OH is 1. The Labute approximate surface area is 216 Å². The molecule has 3 atom stereocenters. The zero-order valence-corrected chi connectivity index (χ0v) is 21.7. The number of rotatable bonds is 9. The van der Waals surface area contributed by atoms with Crippen molar-refractivity contribution in [2.24, 2.45) is 0 Å². The number of nitrogens with one attached hydrogen (secondary N) is 2. The van der Waals surface area contributed by atoms with Gasteiger partial charge in [-0.25, -0.2) is 8.78 Å². The first-order valence-electron chi connectivity index (χ1n) is 13.0. The molecule has 5 nitrogen and oxygen atoms in total. The van der Waals surface area contributed by atoms with Crippen molar-refractivity contribution in [3.8, 4) is 0 Å². The molecule has 0 radical (unpaired) electrons. The molecule has 3 N–H and O–H groups in total. The number of H-pyrrole nitrogens is 1. The van der Waals surface area contributed by atoms with Gasteiger partial charge in [0.05, 0.1) is 24.1 Å². The molecule has 0 unspecified atom stereocenters. The van der Waals surface area contributed by atoms with Crippen LogP contribution in [0, 0.1) is 11.6 Å². The molecule has 8 heteroatoms. The third-order valence-corrected chi connectivity index (χ3v) is 7.91. The molecule has 194 valence electrons. The molecule has 2 aliphatic heterocycles. The SMILES string of the molecule is CCCCN1CC(Nc2cc(F)c([C@@H]3c4[nH]c5ccccc5c4C[C@@H](C)N3C[C@@H](Cl)CO)c(F)c2)C1. The molecule has 0 bridgehead atoms. The minimum atomic E-state index is -0.675. The normalized spacial score (nSPS) is 21.9. The number of para-hydroxylation sites is 1. The maximum absolute atomic E-state index is 15.8. The number of hydrogen-bond donors (Lipinski definition) is 3. The van der Waals surface area contributed by atoms with Gasteiger partial charge in [-0.1, -0.05) is 31.5 Å². The second-order valence-electron chi connectivity index (χ2n) is 10.3. The van der Waals surface area contributed by atoms with Gasteiger partial charge in [0, 0.05) is 53.5 Å². The average molecular weight is 517 g/mol. The lowest BCUT2D eigenvalue weighted by molar-refractivity contribution is 0.131. The minimum absolute atomic E-state index is 0.0138. The summed E-state index contributed by atoms with van der Waals surface area (Å²) in [5.74, 6) is -1.16. The van der Waals surface area contributed by atoms with Gasteiger partial charge < -0.3 is 15.4 Å². The van der Waals surface area contributed by atoms with Crippen molar-refractivity contribution in [3.05, 3.63) is 64.9 Å². The summed E-state index contributed by atoms with van der Waals surface area (Å²) in [4.78, 5) is 7.81. The Morgan fingerprint density at radius 3 is 2.61 bits per heavy atom. The second-order valence-corrected chi connectivity index (χ2v) is 10.9. The van der Waals surface area contributed by atoms with E-state index in [1.807, 2.05) is 36.1 Å². The second kappa shape index (κ2) is 10.7. The standard InChI is InChI=1S/C28H35ClF2N4O/c1-3-4-9-34-14-20(15-34)32-19-11-23(30)26(24(31)12-19)28-27-22(21-7-5-6-8-25(21)33-27)10-17(2)35(28)13-18(29)16-36/h5-8,11-12,17-18,20,28,32-33,36H,3-4,9-10,13-16H2,1-2H3/t17-,18-,28-/m1/s1. The van der Waals surface area contributed by atoms with Gasteiger partial charge >= 0.3 is 0 Å². The highest BCUT2D eigenvalue weighted by molar-refractivity contribution is 6.20. The maximum Gasteiger partial charge on any atom is 0.133 e. The molecule has 2 aliphatic rings. The summed E-state index contributed by atoms with van der Waals surface area (Å²) < 4.78 is 31.5. The zero-order valence-electron chi connectivity index (χ0n) is 20.9. The highest BCUT2D eigenvalue weighted by atomic mass is 35.5. The van der Waals surface area contributed by atoms with E-state index in [1.54, 1.807) is 0 Å². The summed E-state index contributed by atoms with van der Waals surface area (Å²) in [6.45, 7) is 7.16. The van der Waals surface area contributed by atoms with E-state index in [0.717, 1.165) is 61.1 Å². The molecule has 1 aromatic heterocycles. The fraction of sp³-hybridized carbons (Fsp3) is 0.500. The van der Waals surface area contributed by atoms with Crippen LogP contribution in [0.3, 0.4) is 0 Å². The van der Waals surface area contributed by atoms with E-state index in [1.165, 1.54) is 12.1 Å². The lowest BCUT2D eigenvalue weighted by Gasteiger charge is -2.42. The monoisotopic (exact) mass is 516 g/mol. The maximum atomic E-state index is 15.8. The number of fused-ring (bicyclic) bond motifs is 3. The molecular weight excluding hydrogens is 482 g/mol. The minimum Gasteiger partial charge on any atom is -0.395 e. The van der Waals surface area contributed by atoms with E-state index in [0.29, 0.717) is 12.2 Å². The molecular formula is C28H35ClF2N4O. The number of unbranched alkanes of at least 4 members (excludes halogenated alkanes) is 1. The number of aromatic nitrogens is 1. The Morgan fingerprint density at radius 2 is 1.92 bits per heavy atom. The van der Waals surface area contributed by atoms with Crippen molar-refractivity contribution in [2.45, 2.75) is 56.6 Å². The molecule has 5 rings (SSSR count). The van der Waals surface area contributed by atoms with E-state index in [2.05, 4.69) is 22.1 Å². The predicted molar refractivity (Wildman–Crippen MR) is 142 cm³/mol. The van der Waals surface area contributed by atoms with Crippen molar-refractivity contribution in [1.29, 1.82) is 0 Å². The molecule has 3 aromatic rings. The van der Waals surface area contributed by atoms with E-state index >= 15 is 8.78 Å². The average Bonchev–Trinajstić information content (AvgIpc) is 3.19. The Kier molecular flexibility index (Phi) is 7.54. The molecule has 0 amide bonds. The van der Waals surface area contributed by atoms with Crippen LogP contribution in [-0.2, 0) is 6.42 Å². The fourth-order valence-electron chi connectivity index (χ4n) is 5.78. The van der Waals surface area contributed by atoms with Crippen LogP contribution in [0.5, 0.6) is 0 Å². The van der Waals surface area contributed by atoms with Gasteiger partial charge in [-0.15, -0.1) is 11.6 Å². The number of alkyl halides is 1. The number of hydrogen-bond acceptors (Lipinski definition) is 4. The number of halogens is 3. The smallest absolute Gasteiger partial charge is 0.133 e. The highest BCUT2D eigenvalue weighted by Crippen LogP contribution is 2.43. The van der Waals surface area contributed by atoms with Gasteiger partial charge in [-0.3, -0.25) is 9.80 Å². The molecule has 0 aliphatic carbocycles. The zero-order chi connectivity index (χ0) is 25.4. The molecule has 1 saturated heterocycles. The summed E-state index contributed by atoms with van der Waals surface area (Å²) in [6, 6.07) is 10.3. The number of nitrogens with zero attached hydrogens (tertiary/aromatic N) is 2. The molecule has 0 spiro atoms. The van der Waals surface area contributed by atoms with E-state index in [4.69, 9.17) is 11.6 Å². The summed E-state index contributed by atoms with van der Waals surface area (Å²) >= 11 is 6.35. The van der Waals surface area contributed by atoms with E-state index in [-0.39, 0.29) is 24.3 Å². The summed E-state index contributed by atoms with van der Waals surface area (Å²) in [6.07, 6.45) is 3.05. The van der Waals surface area contributed by atoms with Crippen LogP contribution in [0.25, 0.3) is 10.9 Å². The predicted octanol–water partition coefficient (Wildman–Crippen LogP) is 5.28. The first-order valence-corrected chi connectivity index (χ1v) is 13.4. The van der Waals surface area contributed by atoms with Gasteiger partial charge in [0.2, 0.25) is 0 Å². The molecule has 0 saturated carbocycles. The van der Waals surface area contributed by atoms with Crippen molar-refractivity contribution >= 4 is 28.2 Å². The summed E-state index contributed by atoms with van der Waals surface area (Å²) in [5.41, 5.74) is 3.30. The van der Waals surface area contributed by atoms with Gasteiger partial charge in [-0.05, 0) is 50.1 Å². The Hall–Kier alpha value is -2.19. The number of aliphatic hydroxyl groups is 1. The van der Waals surface area contributed by atoms with Crippen LogP contribution in [0.1, 0.15) is 49.6 Å². The van der Waals surface area contributed by atoms with E-state index in [9.17, 15) is 5.11 Å². The van der Waals surface area contributed by atoms with Crippen LogP contribution in [0.4, 0.5) is 14.5 Å². The number of aromatic amines is 1. The third-order valence-electron chi connectivity index (χ3n) is 7.63. The fourth-order valence-corrected chi connectivity index (χ4v) is 5.94. The largest absolute Gasteiger partial charge is 0.395 e. The lowest BCUT2D eigenvalue weighted by atomic mass is 9.87. The molecule has 2 aromatic carbocycles. The van der Waals surface area contributed by atoms with Crippen molar-refractivity contribution in [1.82, 2.24) is 14.8 Å². The van der Waals surface area contributed by atoms with Gasteiger partial charge in [0.25, 0.3) is 0 Å². The molecule has 3 heterocycles. The van der Waals surface area contributed by atoms with Crippen LogP contribution in [-0.4, -0.2) is 70.1 Å². The lowest BCUT2D eigenvalue weighted by Crippen LogP contribution is -2.54. The first kappa shape index (κ1) is 25.5. The third kappa shape index (κ3) is 4.86. The van der Waals surface area contributed by atoms with Crippen LogP contribution in [0.2, 0.25) is 0 Å². The quantitative estimate of drug-likeness (QED) is 0.339. The summed E-state index contributed by atoms with van der Waals surface area (Å²) in [5, 5.41) is 13.5. The Balaban J connectivity index is 1.48. The Bertz CT molecular complexity index is 1190. The van der Waals surface area contributed by atoms with Crippen molar-refractivity contribution < 1.29 is 13.9 Å². The van der Waals surface area contributed by atoms with Crippen LogP contribution in [0.15, 0.2) is 36.4 Å². The van der Waals surface area contributed by atoms with Gasteiger partial charge in [0.1, 0.15) is 11.6 Å². The topological polar surface area (TPSA) is 54.5 Å². The number of likely N-dealkylation sites (tertiary alicyclic amines) is 1. The molecule has 36 heavy (non-hydrogen) atoms. The van der Waals surface area contributed by atoms with Gasteiger partial charge in [0.15, 0.2) is 0 Å². The van der Waals surface area contributed by atoms with Crippen LogP contribution >= 0.6 is 11.6 Å². The highest BCUT2D eigenvalue weighted by Gasteiger charge is 2.39. The molecule has 1 fully saturated rings. The van der Waals surface area contributed by atoms with Crippen LogP contribution < -0.4 is 5.32 Å². The van der Waals surface area contributed by atoms with Gasteiger partial charge in [-0.2, -0.15) is 0 Å². The van der Waals surface area contributed by atoms with E-state index < -0.39 is 23.1 Å². The Morgan fingerprint density at radius 1 is 1.19 bits per heavy atom. The first-order chi connectivity index (χ1) is 17.4. The van der Waals surface area contributed by atoms with Crippen molar-refractivity contribution in [3.63, 3.8) is 0 Å². The number of benzene rings is 2. The van der Waals surface area contributed by atoms with Crippen molar-refractivity contribution in [2.75, 3.05) is 38.1 Å². The number of anilines is 1. The summed E-state index contributed by atoms with van der Waals surface area (Å²) in [7, 11) is 0.